The molecule has 2 saturated carbocycles. The summed E-state index contributed by atoms with van der Waals surface area (Å²) in [6.45, 7) is 0. The van der Waals surface area contributed by atoms with E-state index in [1.165, 1.54) is 43.5 Å². The van der Waals surface area contributed by atoms with Crippen LogP contribution in [0.5, 0.6) is 5.75 Å². The molecule has 2 atom stereocenters. The van der Waals surface area contributed by atoms with Gasteiger partial charge in [0.2, 0.25) is 0 Å². The Balaban J connectivity index is 1.46. The van der Waals surface area contributed by atoms with Crippen LogP contribution in [0.3, 0.4) is 0 Å². The van der Waals surface area contributed by atoms with Crippen molar-refractivity contribution >= 4 is 22.4 Å². The molecule has 6 nitrogen and oxygen atoms in total. The van der Waals surface area contributed by atoms with Crippen LogP contribution >= 0.6 is 0 Å². The molecule has 2 aliphatic rings. The minimum absolute atomic E-state index is 0.0374. The Morgan fingerprint density at radius 3 is 2.31 bits per heavy atom. The van der Waals surface area contributed by atoms with Gasteiger partial charge in [-0.05, 0) is 73.9 Å². The van der Waals surface area contributed by atoms with E-state index in [1.807, 2.05) is 6.07 Å². The molecule has 0 spiro atoms. The number of carbonyl (C=O) groups is 1. The average Bonchev–Trinajstić information content (AvgIpc) is 2.90. The lowest BCUT2D eigenvalue weighted by Crippen LogP contribution is -2.30. The Morgan fingerprint density at radius 2 is 1.54 bits per heavy atom. The molecule has 0 heterocycles. The molecule has 182 valence electrons. The van der Waals surface area contributed by atoms with Crippen molar-refractivity contribution in [2.75, 3.05) is 0 Å². The second kappa shape index (κ2) is 10.5. The van der Waals surface area contributed by atoms with Crippen molar-refractivity contribution in [1.82, 2.24) is 0 Å². The maximum Gasteiger partial charge on any atom is 0.338 e. The molecule has 0 unspecified atom stereocenters. The molecule has 2 aliphatic carbocycles. The van der Waals surface area contributed by atoms with Gasteiger partial charge in [-0.3, -0.25) is 10.1 Å². The summed E-state index contributed by atoms with van der Waals surface area (Å²) in [5.74, 6) is 0.515. The number of nitro benzene ring substituents is 1. The summed E-state index contributed by atoms with van der Waals surface area (Å²) in [6.07, 6.45) is 9.57. The van der Waals surface area contributed by atoms with Crippen molar-refractivity contribution in [3.63, 3.8) is 0 Å². The molecule has 5 rings (SSSR count). The number of fused-ring (bicyclic) bond motifs is 1. The molecule has 0 saturated heterocycles. The van der Waals surface area contributed by atoms with Crippen LogP contribution in [-0.4, -0.2) is 23.1 Å². The third kappa shape index (κ3) is 5.16. The van der Waals surface area contributed by atoms with Crippen LogP contribution in [-0.2, 0) is 4.74 Å². The smallest absolute Gasteiger partial charge is 0.338 e. The number of nitrogens with zero attached hydrogens (tertiary/aromatic N) is 1. The normalized spacial score (nSPS) is 20.9. The van der Waals surface area contributed by atoms with E-state index in [2.05, 4.69) is 30.3 Å². The quantitative estimate of drug-likeness (QED) is 0.213. The van der Waals surface area contributed by atoms with E-state index in [1.54, 1.807) is 0 Å². The van der Waals surface area contributed by atoms with Crippen molar-refractivity contribution in [2.24, 2.45) is 0 Å². The Morgan fingerprint density at radius 1 is 0.829 bits per heavy atom. The van der Waals surface area contributed by atoms with Gasteiger partial charge in [0.05, 0.1) is 16.6 Å². The van der Waals surface area contributed by atoms with Crippen molar-refractivity contribution in [1.29, 1.82) is 0 Å². The molecule has 0 bridgehead atoms. The second-order valence-corrected chi connectivity index (χ2v) is 9.72. The van der Waals surface area contributed by atoms with Gasteiger partial charge in [-0.25, -0.2) is 4.79 Å². The number of esters is 1. The van der Waals surface area contributed by atoms with Gasteiger partial charge in [-0.15, -0.1) is 0 Å². The fourth-order valence-electron chi connectivity index (χ4n) is 5.62. The lowest BCUT2D eigenvalue weighted by atomic mass is 9.79. The van der Waals surface area contributed by atoms with E-state index in [0.29, 0.717) is 5.56 Å². The number of nitro groups is 1. The van der Waals surface area contributed by atoms with Crippen LogP contribution in [0.2, 0.25) is 0 Å². The minimum atomic E-state index is -0.472. The molecule has 6 heteroatoms. The number of carbonyl (C=O) groups excluding carboxylic acids is 1. The van der Waals surface area contributed by atoms with Gasteiger partial charge in [0.15, 0.2) is 0 Å². The van der Waals surface area contributed by atoms with Crippen LogP contribution < -0.4 is 4.74 Å². The van der Waals surface area contributed by atoms with Gasteiger partial charge < -0.3 is 9.47 Å². The SMILES string of the molecule is O=C(O[C@@H]1CCCC[C@@H]1c1c(OC2CCCCC2)ccc2ccccc12)c1ccc([N+](=O)[O-])cc1. The highest BCUT2D eigenvalue weighted by Crippen LogP contribution is 2.44. The largest absolute Gasteiger partial charge is 0.490 e. The Bertz CT molecular complexity index is 1200. The first-order valence-corrected chi connectivity index (χ1v) is 12.7. The fraction of sp³-hybridized carbons (Fsp3) is 0.414. The molecular weight excluding hydrogens is 442 g/mol. The van der Waals surface area contributed by atoms with Crippen molar-refractivity contribution < 1.29 is 19.2 Å². The summed E-state index contributed by atoms with van der Waals surface area (Å²) in [6, 6.07) is 18.2. The average molecular weight is 474 g/mol. The summed E-state index contributed by atoms with van der Waals surface area (Å²) in [4.78, 5) is 23.5. The lowest BCUT2D eigenvalue weighted by molar-refractivity contribution is -0.384. The van der Waals surface area contributed by atoms with Crippen LogP contribution in [0.25, 0.3) is 10.8 Å². The van der Waals surface area contributed by atoms with E-state index in [9.17, 15) is 14.9 Å². The van der Waals surface area contributed by atoms with Gasteiger partial charge in [-0.2, -0.15) is 0 Å². The summed E-state index contributed by atoms with van der Waals surface area (Å²) < 4.78 is 12.7. The van der Waals surface area contributed by atoms with Crippen LogP contribution in [0.15, 0.2) is 60.7 Å². The Labute approximate surface area is 205 Å². The monoisotopic (exact) mass is 473 g/mol. The van der Waals surface area contributed by atoms with Crippen LogP contribution in [0.4, 0.5) is 5.69 Å². The van der Waals surface area contributed by atoms with Crippen LogP contribution in [0.1, 0.15) is 79.6 Å². The molecule has 35 heavy (non-hydrogen) atoms. The third-order valence-electron chi connectivity index (χ3n) is 7.42. The molecule has 2 fully saturated rings. The van der Waals surface area contributed by atoms with E-state index in [0.717, 1.165) is 60.6 Å². The first-order chi connectivity index (χ1) is 17.1. The summed E-state index contributed by atoms with van der Waals surface area (Å²) >= 11 is 0. The van der Waals surface area contributed by atoms with Crippen molar-refractivity contribution in [3.05, 3.63) is 81.9 Å². The number of rotatable bonds is 6. The first kappa shape index (κ1) is 23.3. The molecule has 3 aromatic rings. The molecule has 0 amide bonds. The minimum Gasteiger partial charge on any atom is -0.490 e. The van der Waals surface area contributed by atoms with Gasteiger partial charge in [0.1, 0.15) is 11.9 Å². The molecule has 0 N–H and O–H groups in total. The standard InChI is InChI=1S/C29H31NO5/c31-29(21-14-17-22(18-15-21)30(32)33)35-26-13-7-6-12-25(26)28-24-11-5-4-8-20(24)16-19-27(28)34-23-9-2-1-3-10-23/h4-5,8,11,14-19,23,25-26H,1-3,6-7,9-10,12-13H2/t25-,26+/m0/s1. The number of non-ortho nitro benzene ring substituents is 1. The summed E-state index contributed by atoms with van der Waals surface area (Å²) in [5.41, 5.74) is 1.43. The molecule has 0 aromatic heterocycles. The third-order valence-corrected chi connectivity index (χ3v) is 7.42. The van der Waals surface area contributed by atoms with E-state index in [4.69, 9.17) is 9.47 Å². The zero-order valence-electron chi connectivity index (χ0n) is 19.9. The van der Waals surface area contributed by atoms with Gasteiger partial charge in [0.25, 0.3) is 5.69 Å². The van der Waals surface area contributed by atoms with E-state index >= 15 is 0 Å². The number of benzene rings is 3. The molecule has 3 aromatic carbocycles. The predicted molar refractivity (Wildman–Crippen MR) is 135 cm³/mol. The summed E-state index contributed by atoms with van der Waals surface area (Å²) in [5, 5.41) is 13.3. The van der Waals surface area contributed by atoms with Crippen molar-refractivity contribution in [2.45, 2.75) is 75.9 Å². The predicted octanol–water partition coefficient (Wildman–Crippen LogP) is 7.34. The highest BCUT2D eigenvalue weighted by atomic mass is 16.6. The van der Waals surface area contributed by atoms with E-state index in [-0.39, 0.29) is 23.8 Å². The molecular formula is C29H31NO5. The fourth-order valence-corrected chi connectivity index (χ4v) is 5.62. The number of hydrogen-bond donors (Lipinski definition) is 0. The molecule has 0 aliphatic heterocycles. The molecule has 0 radical (unpaired) electrons. The maximum atomic E-state index is 13.0. The van der Waals surface area contributed by atoms with Crippen molar-refractivity contribution in [3.8, 4) is 5.75 Å². The zero-order chi connectivity index (χ0) is 24.2. The van der Waals surface area contributed by atoms with Crippen LogP contribution in [0, 0.1) is 10.1 Å². The number of ether oxygens (including phenoxy) is 2. The Kier molecular flexibility index (Phi) is 6.98. The highest BCUT2D eigenvalue weighted by Gasteiger charge is 2.34. The lowest BCUT2D eigenvalue weighted by Gasteiger charge is -2.34. The second-order valence-electron chi connectivity index (χ2n) is 9.72. The maximum absolute atomic E-state index is 13.0. The topological polar surface area (TPSA) is 78.7 Å². The van der Waals surface area contributed by atoms with Gasteiger partial charge in [-0.1, -0.05) is 43.2 Å². The van der Waals surface area contributed by atoms with E-state index < -0.39 is 10.9 Å². The zero-order valence-corrected chi connectivity index (χ0v) is 19.9. The van der Waals surface area contributed by atoms with Gasteiger partial charge >= 0.3 is 5.97 Å². The Hall–Kier alpha value is -3.41. The first-order valence-electron chi connectivity index (χ1n) is 12.7. The number of hydrogen-bond acceptors (Lipinski definition) is 5. The highest BCUT2D eigenvalue weighted by molar-refractivity contribution is 5.90. The van der Waals surface area contributed by atoms with Gasteiger partial charge in [0, 0.05) is 23.6 Å². The summed E-state index contributed by atoms with van der Waals surface area (Å²) in [7, 11) is 0.